The Hall–Kier alpha value is -3.48. The third-order valence-electron chi connectivity index (χ3n) is 6.11. The normalized spacial score (nSPS) is 12.3. The van der Waals surface area contributed by atoms with Crippen LogP contribution in [0.1, 0.15) is 58.5 Å². The highest BCUT2D eigenvalue weighted by Crippen LogP contribution is 2.28. The Labute approximate surface area is 188 Å². The quantitative estimate of drug-likeness (QED) is 0.503. The van der Waals surface area contributed by atoms with Gasteiger partial charge in [0.2, 0.25) is 0 Å². The molecule has 0 radical (unpaired) electrons. The lowest BCUT2D eigenvalue weighted by atomic mass is 10.0. The third-order valence-corrected chi connectivity index (χ3v) is 6.11. The molecule has 0 bridgehead atoms. The van der Waals surface area contributed by atoms with E-state index in [4.69, 9.17) is 4.98 Å². The predicted octanol–water partition coefficient (Wildman–Crippen LogP) is 4.58. The summed E-state index contributed by atoms with van der Waals surface area (Å²) in [4.78, 5) is 18.4. The van der Waals surface area contributed by atoms with E-state index in [-0.39, 0.29) is 11.9 Å². The molecular formula is C25H30N6O. The molecule has 32 heavy (non-hydrogen) atoms. The summed E-state index contributed by atoms with van der Waals surface area (Å²) in [6.07, 6.45) is 0. The van der Waals surface area contributed by atoms with Crippen LogP contribution >= 0.6 is 0 Å². The maximum Gasteiger partial charge on any atom is 0.252 e. The molecule has 7 heteroatoms. The van der Waals surface area contributed by atoms with Crippen LogP contribution in [0.2, 0.25) is 0 Å². The molecule has 0 aliphatic heterocycles. The number of pyridine rings is 1. The molecule has 4 rings (SSSR count). The highest BCUT2D eigenvalue weighted by atomic mass is 16.1. The van der Waals surface area contributed by atoms with Crippen molar-refractivity contribution in [3.8, 4) is 11.3 Å². The number of benzene rings is 1. The molecule has 0 aliphatic rings. The zero-order valence-corrected chi connectivity index (χ0v) is 19.8. The van der Waals surface area contributed by atoms with Crippen molar-refractivity contribution in [2.45, 2.75) is 54.1 Å². The maximum atomic E-state index is 13.6. The number of rotatable bonds is 5. The Bertz CT molecular complexity index is 1310. The van der Waals surface area contributed by atoms with Crippen molar-refractivity contribution in [2.75, 3.05) is 0 Å². The van der Waals surface area contributed by atoms with Crippen molar-refractivity contribution >= 4 is 16.9 Å². The summed E-state index contributed by atoms with van der Waals surface area (Å²) in [6, 6.07) is 9.89. The van der Waals surface area contributed by atoms with Gasteiger partial charge in [-0.05, 0) is 47.6 Å². The summed E-state index contributed by atoms with van der Waals surface area (Å²) in [5.74, 6) is -0.139. The van der Waals surface area contributed by atoms with Gasteiger partial charge in [0.15, 0.2) is 5.65 Å². The summed E-state index contributed by atoms with van der Waals surface area (Å²) in [6.45, 7) is 12.7. The summed E-state index contributed by atoms with van der Waals surface area (Å²) in [7, 11) is 1.92. The highest BCUT2D eigenvalue weighted by molar-refractivity contribution is 6.07. The van der Waals surface area contributed by atoms with Crippen LogP contribution in [0.15, 0.2) is 30.3 Å². The number of amides is 1. The summed E-state index contributed by atoms with van der Waals surface area (Å²) in [5.41, 5.74) is 8.06. The number of nitrogens with zero attached hydrogens (tertiary/aromatic N) is 5. The molecule has 1 N–H and O–H groups in total. The number of aromatic nitrogens is 5. The summed E-state index contributed by atoms with van der Waals surface area (Å²) in [5, 5.41) is 13.1. The lowest BCUT2D eigenvalue weighted by Crippen LogP contribution is -2.27. The van der Waals surface area contributed by atoms with Crippen molar-refractivity contribution in [1.29, 1.82) is 0 Å². The Morgan fingerprint density at radius 2 is 1.75 bits per heavy atom. The van der Waals surface area contributed by atoms with Crippen LogP contribution in [0.5, 0.6) is 0 Å². The van der Waals surface area contributed by atoms with E-state index < -0.39 is 0 Å². The van der Waals surface area contributed by atoms with Crippen molar-refractivity contribution in [2.24, 2.45) is 7.05 Å². The fraction of sp³-hybridized carbons (Fsp3) is 0.360. The number of hydrogen-bond donors (Lipinski definition) is 1. The number of fused-ring (bicyclic) bond motifs is 1. The van der Waals surface area contributed by atoms with Gasteiger partial charge in [-0.1, -0.05) is 29.8 Å². The summed E-state index contributed by atoms with van der Waals surface area (Å²) < 4.78 is 3.71. The first-order valence-electron chi connectivity index (χ1n) is 11.0. The average Bonchev–Trinajstić information content (AvgIpc) is 3.22. The van der Waals surface area contributed by atoms with Gasteiger partial charge < -0.3 is 5.32 Å². The van der Waals surface area contributed by atoms with E-state index in [9.17, 15) is 4.79 Å². The Morgan fingerprint density at radius 1 is 1.06 bits per heavy atom. The first kappa shape index (κ1) is 21.7. The van der Waals surface area contributed by atoms with Gasteiger partial charge in [0, 0.05) is 30.4 Å². The standard InChI is InChI=1S/C25H30N6O/c1-8-31-24-23(17(5)29-31)20(13-21(27-24)19-11-9-14(2)10-12-19)25(32)26-15(3)22-16(4)28-30(7)18(22)6/h9-13,15H,8H2,1-7H3,(H,26,32). The maximum absolute atomic E-state index is 13.6. The number of aryl methyl sites for hydroxylation is 5. The number of carbonyl (C=O) groups is 1. The number of hydrogen-bond acceptors (Lipinski definition) is 4. The van der Waals surface area contributed by atoms with Gasteiger partial charge in [0.1, 0.15) is 0 Å². The average molecular weight is 431 g/mol. The molecule has 0 spiro atoms. The fourth-order valence-corrected chi connectivity index (χ4v) is 4.39. The molecule has 0 saturated carbocycles. The smallest absolute Gasteiger partial charge is 0.252 e. The van der Waals surface area contributed by atoms with Gasteiger partial charge in [-0.15, -0.1) is 0 Å². The molecule has 0 aliphatic carbocycles. The molecule has 1 atom stereocenters. The predicted molar refractivity (Wildman–Crippen MR) is 127 cm³/mol. The monoisotopic (exact) mass is 430 g/mol. The van der Waals surface area contributed by atoms with Gasteiger partial charge in [-0.3, -0.25) is 9.48 Å². The zero-order valence-electron chi connectivity index (χ0n) is 19.8. The molecule has 3 heterocycles. The van der Waals surface area contributed by atoms with Crippen molar-refractivity contribution < 1.29 is 4.79 Å². The molecule has 1 unspecified atom stereocenters. The van der Waals surface area contributed by atoms with Crippen LogP contribution in [-0.4, -0.2) is 30.5 Å². The second-order valence-electron chi connectivity index (χ2n) is 8.42. The van der Waals surface area contributed by atoms with E-state index >= 15 is 0 Å². The molecule has 0 saturated heterocycles. The van der Waals surface area contributed by atoms with Crippen molar-refractivity contribution in [3.63, 3.8) is 0 Å². The highest BCUT2D eigenvalue weighted by Gasteiger charge is 2.23. The van der Waals surface area contributed by atoms with Gasteiger partial charge in [-0.2, -0.15) is 10.2 Å². The van der Waals surface area contributed by atoms with Crippen LogP contribution in [0.4, 0.5) is 0 Å². The van der Waals surface area contributed by atoms with E-state index in [1.54, 1.807) is 0 Å². The molecule has 3 aromatic heterocycles. The van der Waals surface area contributed by atoms with Gasteiger partial charge >= 0.3 is 0 Å². The Morgan fingerprint density at radius 3 is 2.34 bits per heavy atom. The second-order valence-corrected chi connectivity index (χ2v) is 8.42. The topological polar surface area (TPSA) is 77.6 Å². The molecule has 1 aromatic carbocycles. The van der Waals surface area contributed by atoms with Gasteiger partial charge in [0.25, 0.3) is 5.91 Å². The Kier molecular flexibility index (Phi) is 5.59. The van der Waals surface area contributed by atoms with E-state index in [1.165, 1.54) is 5.56 Å². The number of nitrogens with one attached hydrogen (secondary N) is 1. The fourth-order valence-electron chi connectivity index (χ4n) is 4.39. The van der Waals surface area contributed by atoms with Crippen LogP contribution < -0.4 is 5.32 Å². The van der Waals surface area contributed by atoms with Gasteiger partial charge in [-0.25, -0.2) is 9.67 Å². The van der Waals surface area contributed by atoms with Crippen LogP contribution in [0.3, 0.4) is 0 Å². The lowest BCUT2D eigenvalue weighted by molar-refractivity contribution is 0.0941. The SMILES string of the molecule is CCn1nc(C)c2c(C(=O)NC(C)c3c(C)nn(C)c3C)cc(-c3ccc(C)cc3)nc21. The van der Waals surface area contributed by atoms with Crippen molar-refractivity contribution in [1.82, 2.24) is 29.9 Å². The van der Waals surface area contributed by atoms with E-state index in [1.807, 2.05) is 69.2 Å². The third kappa shape index (κ3) is 3.68. The second kappa shape index (κ2) is 8.22. The molecule has 4 aromatic rings. The molecule has 166 valence electrons. The molecule has 7 nitrogen and oxygen atoms in total. The van der Waals surface area contributed by atoms with E-state index in [2.05, 4.69) is 34.6 Å². The van der Waals surface area contributed by atoms with E-state index in [0.29, 0.717) is 12.1 Å². The van der Waals surface area contributed by atoms with Crippen molar-refractivity contribution in [3.05, 3.63) is 64.1 Å². The summed E-state index contributed by atoms with van der Waals surface area (Å²) >= 11 is 0. The Balaban J connectivity index is 1.82. The molecular weight excluding hydrogens is 400 g/mol. The minimum atomic E-state index is -0.177. The van der Waals surface area contributed by atoms with Crippen LogP contribution in [0, 0.1) is 27.7 Å². The minimum Gasteiger partial charge on any atom is -0.345 e. The minimum absolute atomic E-state index is 0.139. The van der Waals surface area contributed by atoms with Crippen LogP contribution in [0.25, 0.3) is 22.3 Å². The largest absolute Gasteiger partial charge is 0.345 e. The first-order valence-corrected chi connectivity index (χ1v) is 11.0. The lowest BCUT2D eigenvalue weighted by Gasteiger charge is -2.16. The van der Waals surface area contributed by atoms with Crippen LogP contribution in [-0.2, 0) is 13.6 Å². The van der Waals surface area contributed by atoms with Gasteiger partial charge in [0.05, 0.1) is 34.1 Å². The first-order chi connectivity index (χ1) is 15.2. The molecule has 1 amide bonds. The molecule has 0 fully saturated rings. The zero-order chi connectivity index (χ0) is 23.2. The van der Waals surface area contributed by atoms with E-state index in [0.717, 1.165) is 44.9 Å². The number of carbonyl (C=O) groups excluding carboxylic acids is 1.